The number of carbonyl (C=O) groups is 3. The monoisotopic (exact) mass is 484 g/mol. The number of carbonyl (C=O) groups excluding carboxylic acids is 3. The van der Waals surface area contributed by atoms with E-state index in [9.17, 15) is 14.4 Å². The van der Waals surface area contributed by atoms with Crippen molar-refractivity contribution in [3.8, 4) is 0 Å². The molecule has 0 radical (unpaired) electrons. The van der Waals surface area contributed by atoms with Gasteiger partial charge >= 0.3 is 0 Å². The molecule has 3 fully saturated rings. The molecule has 5 atom stereocenters. The zero-order chi connectivity index (χ0) is 24.6. The Bertz CT molecular complexity index is 1120. The van der Waals surface area contributed by atoms with Gasteiger partial charge in [0.25, 0.3) is 0 Å². The van der Waals surface area contributed by atoms with Crippen molar-refractivity contribution in [3.63, 3.8) is 0 Å². The van der Waals surface area contributed by atoms with Crippen LogP contribution in [0.15, 0.2) is 24.3 Å². The van der Waals surface area contributed by atoms with Crippen molar-refractivity contribution < 1.29 is 24.2 Å². The second-order valence-electron chi connectivity index (χ2n) is 9.62. The van der Waals surface area contributed by atoms with Gasteiger partial charge in [0, 0.05) is 20.2 Å². The minimum absolute atomic E-state index is 0.109. The second-order valence-corrected chi connectivity index (χ2v) is 9.62. The van der Waals surface area contributed by atoms with E-state index in [-0.39, 0.29) is 37.1 Å². The molecule has 11 heteroatoms. The minimum Gasteiger partial charge on any atom is -0.396 e. The largest absolute Gasteiger partial charge is 0.396 e. The van der Waals surface area contributed by atoms with Crippen molar-refractivity contribution in [2.75, 3.05) is 20.2 Å². The van der Waals surface area contributed by atoms with Gasteiger partial charge in [-0.1, -0.05) is 30.2 Å². The Balaban J connectivity index is 1.38. The van der Waals surface area contributed by atoms with E-state index < -0.39 is 23.5 Å². The number of benzene rings is 1. The molecule has 188 valence electrons. The number of hydrogen-bond donors (Lipinski definition) is 3. The van der Waals surface area contributed by atoms with Crippen LogP contribution >= 0.6 is 0 Å². The zero-order valence-corrected chi connectivity index (χ0v) is 19.9. The highest BCUT2D eigenvalue weighted by atomic mass is 16.5. The van der Waals surface area contributed by atoms with Crippen molar-refractivity contribution in [1.82, 2.24) is 30.5 Å². The lowest BCUT2D eigenvalue weighted by Crippen LogP contribution is -2.55. The number of rotatable bonds is 10. The molecule has 0 aliphatic carbocycles. The van der Waals surface area contributed by atoms with Crippen molar-refractivity contribution in [1.29, 1.82) is 0 Å². The molecule has 3 amide bonds. The van der Waals surface area contributed by atoms with Gasteiger partial charge in [0.15, 0.2) is 0 Å². The van der Waals surface area contributed by atoms with E-state index in [4.69, 9.17) is 9.84 Å². The minimum atomic E-state index is -1.00. The van der Waals surface area contributed by atoms with Gasteiger partial charge in [-0.15, -0.1) is 5.10 Å². The molecule has 5 rings (SSSR count). The quantitative estimate of drug-likeness (QED) is 0.409. The van der Waals surface area contributed by atoms with Crippen molar-refractivity contribution in [2.24, 2.45) is 11.8 Å². The van der Waals surface area contributed by atoms with Gasteiger partial charge in [0.05, 0.1) is 23.5 Å². The van der Waals surface area contributed by atoms with Gasteiger partial charge in [0.2, 0.25) is 17.7 Å². The molecule has 3 N–H and O–H groups in total. The second kappa shape index (κ2) is 9.54. The third kappa shape index (κ3) is 3.86. The fraction of sp³-hybridized carbons (Fsp3) is 0.625. The smallest absolute Gasteiger partial charge is 0.247 e. The van der Waals surface area contributed by atoms with E-state index in [1.807, 2.05) is 24.3 Å². The number of ether oxygens (including phenoxy) is 1. The maximum absolute atomic E-state index is 13.7. The van der Waals surface area contributed by atoms with Crippen LogP contribution in [0, 0.1) is 11.8 Å². The fourth-order valence-corrected chi connectivity index (χ4v) is 6.19. The van der Waals surface area contributed by atoms with Crippen LogP contribution in [0.2, 0.25) is 0 Å². The van der Waals surface area contributed by atoms with E-state index in [1.54, 1.807) is 16.6 Å². The van der Waals surface area contributed by atoms with Gasteiger partial charge in [-0.25, -0.2) is 4.68 Å². The molecule has 2 unspecified atom stereocenters. The normalized spacial score (nSPS) is 29.1. The molecular weight excluding hydrogens is 452 g/mol. The summed E-state index contributed by atoms with van der Waals surface area (Å²) < 4.78 is 7.96. The number of aliphatic hydroxyl groups excluding tert-OH is 1. The van der Waals surface area contributed by atoms with E-state index in [2.05, 4.69) is 20.9 Å². The van der Waals surface area contributed by atoms with Gasteiger partial charge in [-0.2, -0.15) is 0 Å². The average Bonchev–Trinajstić information content (AvgIpc) is 3.61. The first kappa shape index (κ1) is 23.7. The average molecular weight is 485 g/mol. The van der Waals surface area contributed by atoms with Gasteiger partial charge in [-0.05, 0) is 37.8 Å². The van der Waals surface area contributed by atoms with Crippen molar-refractivity contribution in [2.45, 2.75) is 62.9 Å². The number of para-hydroxylation sites is 1. The van der Waals surface area contributed by atoms with Crippen LogP contribution in [-0.4, -0.2) is 80.7 Å². The maximum atomic E-state index is 13.7. The number of nitrogens with zero attached hydrogens (tertiary/aromatic N) is 4. The number of nitrogens with one attached hydrogen (secondary N) is 2. The molecule has 35 heavy (non-hydrogen) atoms. The summed E-state index contributed by atoms with van der Waals surface area (Å²) in [5, 5.41) is 22.9. The van der Waals surface area contributed by atoms with Crippen LogP contribution in [0.1, 0.15) is 38.5 Å². The van der Waals surface area contributed by atoms with E-state index in [0.29, 0.717) is 32.2 Å². The summed E-state index contributed by atoms with van der Waals surface area (Å²) in [7, 11) is 1.56. The lowest BCUT2D eigenvalue weighted by Gasteiger charge is -2.33. The highest BCUT2D eigenvalue weighted by Gasteiger charge is 2.74. The Kier molecular flexibility index (Phi) is 6.45. The van der Waals surface area contributed by atoms with Crippen LogP contribution in [0.4, 0.5) is 0 Å². The molecule has 1 aromatic carbocycles. The Morgan fingerprint density at radius 2 is 2.00 bits per heavy atom. The zero-order valence-electron chi connectivity index (χ0n) is 19.9. The molecule has 3 saturated heterocycles. The molecule has 4 heterocycles. The summed E-state index contributed by atoms with van der Waals surface area (Å²) in [5.41, 5.74) is 0.524. The lowest BCUT2D eigenvalue weighted by molar-refractivity contribution is -0.142. The molecule has 3 aliphatic heterocycles. The molecule has 3 aliphatic rings. The Morgan fingerprint density at radius 3 is 2.80 bits per heavy atom. The molecule has 2 bridgehead atoms. The Morgan fingerprint density at radius 1 is 1.20 bits per heavy atom. The first-order chi connectivity index (χ1) is 17.0. The van der Waals surface area contributed by atoms with Gasteiger partial charge in [0.1, 0.15) is 23.8 Å². The summed E-state index contributed by atoms with van der Waals surface area (Å²) in [6.07, 6.45) is 3.95. The Labute approximate surface area is 203 Å². The summed E-state index contributed by atoms with van der Waals surface area (Å²) in [6, 6.07) is 6.67. The summed E-state index contributed by atoms with van der Waals surface area (Å²) >= 11 is 0. The highest BCUT2D eigenvalue weighted by molar-refractivity contribution is 5.98. The number of aromatic nitrogens is 3. The number of fused-ring (bicyclic) bond motifs is 2. The first-order valence-corrected chi connectivity index (χ1v) is 12.4. The predicted octanol–water partition coefficient (Wildman–Crippen LogP) is 0.178. The number of hydrogen-bond acceptors (Lipinski definition) is 7. The van der Waals surface area contributed by atoms with Crippen LogP contribution < -0.4 is 10.6 Å². The maximum Gasteiger partial charge on any atom is 0.247 e. The van der Waals surface area contributed by atoms with Gasteiger partial charge in [-0.3, -0.25) is 14.4 Å². The molecule has 2 aromatic rings. The Hall–Kier alpha value is -3.05. The topological polar surface area (TPSA) is 139 Å². The third-order valence-electron chi connectivity index (χ3n) is 7.73. The molecular formula is C24H32N6O5. The summed E-state index contributed by atoms with van der Waals surface area (Å²) in [5.74, 6) is -1.96. The van der Waals surface area contributed by atoms with Gasteiger partial charge < -0.3 is 25.4 Å². The van der Waals surface area contributed by atoms with Crippen LogP contribution in [0.25, 0.3) is 11.0 Å². The van der Waals surface area contributed by atoms with Crippen molar-refractivity contribution in [3.05, 3.63) is 24.3 Å². The van der Waals surface area contributed by atoms with Crippen LogP contribution in [-0.2, 0) is 25.8 Å². The summed E-state index contributed by atoms with van der Waals surface area (Å²) in [4.78, 5) is 41.6. The third-order valence-corrected chi connectivity index (χ3v) is 7.73. The highest BCUT2D eigenvalue weighted by Crippen LogP contribution is 2.58. The predicted molar refractivity (Wildman–Crippen MR) is 125 cm³/mol. The first-order valence-electron chi connectivity index (χ1n) is 12.4. The number of unbranched alkanes of at least 4 members (excludes halogenated alkanes) is 3. The van der Waals surface area contributed by atoms with E-state index >= 15 is 0 Å². The molecule has 0 saturated carbocycles. The number of amides is 3. The number of likely N-dealkylation sites (tertiary alicyclic amines) is 1. The van der Waals surface area contributed by atoms with Crippen molar-refractivity contribution >= 4 is 28.8 Å². The summed E-state index contributed by atoms with van der Waals surface area (Å²) in [6.45, 7) is 0.650. The molecule has 1 spiro atoms. The SMILES string of the molecule is CNC(=O)[C@@H]1[C@@H]2CCC3(O2)C(C(=O)NCn2nnc4ccccc42)N(CCCCCCO)C(=O)[C@H]13. The standard InChI is InChI=1S/C24H32N6O5/c1-25-21(32)18-17-10-11-24(35-17)19(18)23(34)29(12-6-2-3-7-13-31)20(24)22(33)26-14-30-16-9-5-4-8-15(16)27-28-30/h4-5,8-9,17-20,31H,2-3,6-7,10-14H2,1H3,(H,25,32)(H,26,33)/t17-,18+,19-,20?,24?/m0/s1. The molecule has 11 nitrogen and oxygen atoms in total. The van der Waals surface area contributed by atoms with Crippen LogP contribution in [0.5, 0.6) is 0 Å². The molecule has 1 aromatic heterocycles. The van der Waals surface area contributed by atoms with Crippen LogP contribution in [0.3, 0.4) is 0 Å². The lowest BCUT2D eigenvalue weighted by atomic mass is 9.70. The fourth-order valence-electron chi connectivity index (χ4n) is 6.19. The van der Waals surface area contributed by atoms with E-state index in [0.717, 1.165) is 23.9 Å². The number of aliphatic hydroxyl groups is 1. The van der Waals surface area contributed by atoms with E-state index in [1.165, 1.54) is 0 Å².